The maximum atomic E-state index is 12.4. The zero-order valence-electron chi connectivity index (χ0n) is 10.9. The lowest BCUT2D eigenvalue weighted by Gasteiger charge is -2.16. The van der Waals surface area contributed by atoms with E-state index in [0.717, 1.165) is 23.2 Å². The third-order valence-corrected chi connectivity index (χ3v) is 4.86. The average Bonchev–Trinajstić information content (AvgIpc) is 2.91. The number of nitrogens with zero attached hydrogens (tertiary/aromatic N) is 1. The van der Waals surface area contributed by atoms with Crippen LogP contribution in [0.3, 0.4) is 0 Å². The van der Waals surface area contributed by atoms with E-state index in [4.69, 9.17) is 0 Å². The third-order valence-electron chi connectivity index (χ3n) is 3.38. The molecule has 0 fully saturated rings. The molecule has 0 radical (unpaired) electrons. The first kappa shape index (κ1) is 12.9. The van der Waals surface area contributed by atoms with Crippen molar-refractivity contribution in [1.29, 1.82) is 0 Å². The normalized spacial score (nSPS) is 14.7. The molecular formula is C16H15NO2S. The number of anilines is 1. The summed E-state index contributed by atoms with van der Waals surface area (Å²) in [5.74, 6) is 0. The standard InChI is InChI=1S/C16H15NO2S/c18-20(19,13-11-14-6-2-1-3-7-14)17-12-10-15-8-4-5-9-16(15)17/h1-9,11,13H,10,12H2/b13-11+. The molecule has 0 spiro atoms. The van der Waals surface area contributed by atoms with Gasteiger partial charge in [0, 0.05) is 6.54 Å². The number of sulfonamides is 1. The van der Waals surface area contributed by atoms with Crippen LogP contribution in [0.5, 0.6) is 0 Å². The summed E-state index contributed by atoms with van der Waals surface area (Å²) in [7, 11) is -3.42. The van der Waals surface area contributed by atoms with E-state index in [1.165, 1.54) is 9.71 Å². The van der Waals surface area contributed by atoms with Crippen molar-refractivity contribution >= 4 is 21.8 Å². The van der Waals surface area contributed by atoms with Crippen LogP contribution in [-0.4, -0.2) is 15.0 Å². The van der Waals surface area contributed by atoms with Crippen molar-refractivity contribution in [2.24, 2.45) is 0 Å². The molecule has 0 saturated heterocycles. The van der Waals surface area contributed by atoms with Gasteiger partial charge in [-0.25, -0.2) is 8.42 Å². The molecule has 0 bridgehead atoms. The molecule has 0 amide bonds. The number of benzene rings is 2. The predicted octanol–water partition coefficient (Wildman–Crippen LogP) is 3.05. The monoisotopic (exact) mass is 285 g/mol. The molecule has 2 aromatic rings. The molecule has 2 aromatic carbocycles. The van der Waals surface area contributed by atoms with E-state index in [1.807, 2.05) is 54.6 Å². The first-order valence-corrected chi connectivity index (χ1v) is 8.01. The Morgan fingerprint density at radius 1 is 0.950 bits per heavy atom. The van der Waals surface area contributed by atoms with Gasteiger partial charge >= 0.3 is 0 Å². The summed E-state index contributed by atoms with van der Waals surface area (Å²) in [6, 6.07) is 17.1. The first-order valence-electron chi connectivity index (χ1n) is 6.51. The highest BCUT2D eigenvalue weighted by Gasteiger charge is 2.26. The van der Waals surface area contributed by atoms with Crippen LogP contribution < -0.4 is 4.31 Å². The van der Waals surface area contributed by atoms with Gasteiger partial charge in [0.25, 0.3) is 10.0 Å². The Kier molecular flexibility index (Phi) is 3.32. The van der Waals surface area contributed by atoms with Gasteiger partial charge in [0.05, 0.1) is 11.1 Å². The van der Waals surface area contributed by atoms with Gasteiger partial charge in [0.15, 0.2) is 0 Å². The summed E-state index contributed by atoms with van der Waals surface area (Å²) in [6.45, 7) is 0.515. The maximum Gasteiger partial charge on any atom is 0.257 e. The van der Waals surface area contributed by atoms with Gasteiger partial charge in [-0.15, -0.1) is 0 Å². The molecule has 0 aromatic heterocycles. The first-order chi connectivity index (χ1) is 9.67. The average molecular weight is 285 g/mol. The summed E-state index contributed by atoms with van der Waals surface area (Å²) >= 11 is 0. The van der Waals surface area contributed by atoms with Gasteiger partial charge in [-0.05, 0) is 29.7 Å². The van der Waals surface area contributed by atoms with Crippen LogP contribution in [0.2, 0.25) is 0 Å². The fraction of sp³-hybridized carbons (Fsp3) is 0.125. The van der Waals surface area contributed by atoms with Crippen molar-refractivity contribution < 1.29 is 8.42 Å². The van der Waals surface area contributed by atoms with E-state index >= 15 is 0 Å². The Hall–Kier alpha value is -2.07. The number of fused-ring (bicyclic) bond motifs is 1. The number of hydrogen-bond donors (Lipinski definition) is 0. The molecule has 0 atom stereocenters. The fourth-order valence-corrected chi connectivity index (χ4v) is 3.65. The second-order valence-electron chi connectivity index (χ2n) is 4.71. The quantitative estimate of drug-likeness (QED) is 0.869. The van der Waals surface area contributed by atoms with Crippen molar-refractivity contribution in [2.45, 2.75) is 6.42 Å². The Morgan fingerprint density at radius 2 is 1.65 bits per heavy atom. The third kappa shape index (κ3) is 2.47. The van der Waals surface area contributed by atoms with Crippen LogP contribution in [0, 0.1) is 0 Å². The SMILES string of the molecule is O=S(=O)(/C=C/c1ccccc1)N1CCc2ccccc21. The van der Waals surface area contributed by atoms with Crippen molar-refractivity contribution in [3.63, 3.8) is 0 Å². The molecule has 3 nitrogen and oxygen atoms in total. The molecule has 1 aliphatic heterocycles. The van der Waals surface area contributed by atoms with Gasteiger partial charge < -0.3 is 0 Å². The van der Waals surface area contributed by atoms with Crippen molar-refractivity contribution in [3.8, 4) is 0 Å². The van der Waals surface area contributed by atoms with Gasteiger partial charge in [-0.3, -0.25) is 4.31 Å². The van der Waals surface area contributed by atoms with E-state index in [1.54, 1.807) is 6.08 Å². The minimum atomic E-state index is -3.42. The van der Waals surface area contributed by atoms with E-state index in [0.29, 0.717) is 6.54 Å². The summed E-state index contributed by atoms with van der Waals surface area (Å²) < 4.78 is 26.3. The molecule has 0 aliphatic carbocycles. The predicted molar refractivity (Wildman–Crippen MR) is 81.9 cm³/mol. The highest BCUT2D eigenvalue weighted by molar-refractivity contribution is 7.95. The van der Waals surface area contributed by atoms with Crippen molar-refractivity contribution in [2.75, 3.05) is 10.8 Å². The molecule has 0 unspecified atom stereocenters. The Balaban J connectivity index is 1.89. The number of para-hydroxylation sites is 1. The summed E-state index contributed by atoms with van der Waals surface area (Å²) in [5, 5.41) is 1.28. The minimum absolute atomic E-state index is 0.515. The van der Waals surface area contributed by atoms with E-state index in [-0.39, 0.29) is 0 Å². The second kappa shape index (κ2) is 5.13. The molecule has 4 heteroatoms. The maximum absolute atomic E-state index is 12.4. The smallest absolute Gasteiger partial charge is 0.257 e. The second-order valence-corrected chi connectivity index (χ2v) is 6.45. The van der Waals surface area contributed by atoms with Crippen LogP contribution in [0.15, 0.2) is 60.0 Å². The van der Waals surface area contributed by atoms with Crippen LogP contribution in [0.25, 0.3) is 6.08 Å². The molecule has 0 saturated carbocycles. The van der Waals surface area contributed by atoms with Crippen molar-refractivity contribution in [3.05, 3.63) is 71.1 Å². The molecule has 1 aliphatic rings. The molecule has 1 heterocycles. The Morgan fingerprint density at radius 3 is 2.45 bits per heavy atom. The van der Waals surface area contributed by atoms with E-state index in [2.05, 4.69) is 0 Å². The summed E-state index contributed by atoms with van der Waals surface area (Å²) in [5.41, 5.74) is 2.76. The van der Waals surface area contributed by atoms with Gasteiger partial charge in [0.2, 0.25) is 0 Å². The van der Waals surface area contributed by atoms with Crippen LogP contribution in [0.1, 0.15) is 11.1 Å². The van der Waals surface area contributed by atoms with Crippen LogP contribution >= 0.6 is 0 Å². The zero-order chi connectivity index (χ0) is 14.0. The Bertz CT molecular complexity index is 736. The fourth-order valence-electron chi connectivity index (χ4n) is 2.37. The minimum Gasteiger partial charge on any atom is -0.266 e. The van der Waals surface area contributed by atoms with Crippen molar-refractivity contribution in [1.82, 2.24) is 0 Å². The lowest BCUT2D eigenvalue weighted by Crippen LogP contribution is -2.26. The van der Waals surface area contributed by atoms with E-state index in [9.17, 15) is 8.42 Å². The topological polar surface area (TPSA) is 37.4 Å². The van der Waals surface area contributed by atoms with Gasteiger partial charge in [-0.2, -0.15) is 0 Å². The number of rotatable bonds is 3. The highest BCUT2D eigenvalue weighted by atomic mass is 32.2. The van der Waals surface area contributed by atoms with Crippen LogP contribution in [0.4, 0.5) is 5.69 Å². The largest absolute Gasteiger partial charge is 0.266 e. The molecule has 20 heavy (non-hydrogen) atoms. The van der Waals surface area contributed by atoms with Gasteiger partial charge in [0.1, 0.15) is 0 Å². The molecular weight excluding hydrogens is 270 g/mol. The lowest BCUT2D eigenvalue weighted by atomic mass is 10.2. The number of hydrogen-bond acceptors (Lipinski definition) is 2. The summed E-state index contributed by atoms with van der Waals surface area (Å²) in [4.78, 5) is 0. The summed E-state index contributed by atoms with van der Waals surface area (Å²) in [6.07, 6.45) is 2.41. The highest BCUT2D eigenvalue weighted by Crippen LogP contribution is 2.30. The van der Waals surface area contributed by atoms with Crippen LogP contribution in [-0.2, 0) is 16.4 Å². The molecule has 102 valence electrons. The Labute approximate surface area is 119 Å². The van der Waals surface area contributed by atoms with E-state index < -0.39 is 10.0 Å². The van der Waals surface area contributed by atoms with Gasteiger partial charge in [-0.1, -0.05) is 48.5 Å². The molecule has 3 rings (SSSR count). The lowest BCUT2D eigenvalue weighted by molar-refractivity contribution is 0.601. The molecule has 0 N–H and O–H groups in total. The zero-order valence-corrected chi connectivity index (χ0v) is 11.8.